The van der Waals surface area contributed by atoms with Gasteiger partial charge in [-0.05, 0) is 37.3 Å². The van der Waals surface area contributed by atoms with E-state index in [2.05, 4.69) is 31.2 Å². The van der Waals surface area contributed by atoms with E-state index >= 15 is 0 Å². The summed E-state index contributed by atoms with van der Waals surface area (Å²) in [6.45, 7) is 2.24. The molecule has 0 aliphatic rings. The van der Waals surface area contributed by atoms with E-state index < -0.39 is 5.60 Å². The van der Waals surface area contributed by atoms with Crippen molar-refractivity contribution in [3.63, 3.8) is 0 Å². The highest BCUT2D eigenvalue weighted by atomic mass is 16.3. The highest BCUT2D eigenvalue weighted by Gasteiger charge is 2.32. The molecule has 0 spiro atoms. The second kappa shape index (κ2) is 7.54. The van der Waals surface area contributed by atoms with Crippen LogP contribution >= 0.6 is 0 Å². The SMILES string of the molecule is Cc1ccc(CC[C@@](O)(CN)[C@@H](N)Cc2ccccc2)cc1. The van der Waals surface area contributed by atoms with E-state index in [1.165, 1.54) is 11.1 Å². The highest BCUT2D eigenvalue weighted by Crippen LogP contribution is 2.20. The van der Waals surface area contributed by atoms with Crippen LogP contribution < -0.4 is 11.5 Å². The molecule has 0 aromatic heterocycles. The van der Waals surface area contributed by atoms with Crippen LogP contribution in [0.2, 0.25) is 0 Å². The molecule has 22 heavy (non-hydrogen) atoms. The van der Waals surface area contributed by atoms with Gasteiger partial charge in [-0.1, -0.05) is 60.2 Å². The third kappa shape index (κ3) is 4.41. The van der Waals surface area contributed by atoms with Gasteiger partial charge in [-0.15, -0.1) is 0 Å². The first-order valence-electron chi connectivity index (χ1n) is 7.81. The van der Waals surface area contributed by atoms with Crippen molar-refractivity contribution >= 4 is 0 Å². The summed E-state index contributed by atoms with van der Waals surface area (Å²) >= 11 is 0. The minimum absolute atomic E-state index is 0.173. The van der Waals surface area contributed by atoms with E-state index in [1.807, 2.05) is 30.3 Å². The van der Waals surface area contributed by atoms with E-state index in [1.54, 1.807) is 0 Å². The van der Waals surface area contributed by atoms with E-state index in [-0.39, 0.29) is 12.6 Å². The number of nitrogens with two attached hydrogens (primary N) is 2. The number of hydrogen-bond donors (Lipinski definition) is 3. The van der Waals surface area contributed by atoms with Gasteiger partial charge in [0.05, 0.1) is 5.60 Å². The Morgan fingerprint density at radius 2 is 1.64 bits per heavy atom. The Morgan fingerprint density at radius 1 is 1.00 bits per heavy atom. The summed E-state index contributed by atoms with van der Waals surface area (Å²) in [6.07, 6.45) is 1.97. The Bertz CT molecular complexity index is 568. The van der Waals surface area contributed by atoms with Gasteiger partial charge in [0, 0.05) is 12.6 Å². The minimum atomic E-state index is -1.04. The van der Waals surface area contributed by atoms with E-state index in [9.17, 15) is 5.11 Å². The first kappa shape index (κ1) is 16.7. The fourth-order valence-electron chi connectivity index (χ4n) is 2.61. The fourth-order valence-corrected chi connectivity index (χ4v) is 2.61. The van der Waals surface area contributed by atoms with Crippen LogP contribution in [0.4, 0.5) is 0 Å². The largest absolute Gasteiger partial charge is 0.387 e. The van der Waals surface area contributed by atoms with Gasteiger partial charge >= 0.3 is 0 Å². The normalized spacial score (nSPS) is 15.3. The van der Waals surface area contributed by atoms with Gasteiger partial charge in [0.15, 0.2) is 0 Å². The Kier molecular flexibility index (Phi) is 5.72. The van der Waals surface area contributed by atoms with E-state index in [4.69, 9.17) is 11.5 Å². The van der Waals surface area contributed by atoms with Crippen molar-refractivity contribution in [2.75, 3.05) is 6.54 Å². The molecule has 0 radical (unpaired) electrons. The predicted octanol–water partition coefficient (Wildman–Crippen LogP) is 2.19. The minimum Gasteiger partial charge on any atom is -0.387 e. The molecule has 0 bridgehead atoms. The molecule has 0 saturated carbocycles. The Hall–Kier alpha value is -1.68. The second-order valence-corrected chi connectivity index (χ2v) is 6.09. The monoisotopic (exact) mass is 298 g/mol. The maximum atomic E-state index is 10.8. The third-order valence-corrected chi connectivity index (χ3v) is 4.31. The maximum Gasteiger partial charge on any atom is 0.0925 e. The lowest BCUT2D eigenvalue weighted by Gasteiger charge is -2.33. The molecule has 3 nitrogen and oxygen atoms in total. The van der Waals surface area contributed by atoms with Gasteiger partial charge in [-0.25, -0.2) is 0 Å². The lowest BCUT2D eigenvalue weighted by molar-refractivity contribution is 0.0146. The third-order valence-electron chi connectivity index (χ3n) is 4.31. The van der Waals surface area contributed by atoms with Crippen molar-refractivity contribution in [3.05, 3.63) is 71.3 Å². The molecule has 3 heteroatoms. The van der Waals surface area contributed by atoms with Gasteiger partial charge in [0.1, 0.15) is 0 Å². The van der Waals surface area contributed by atoms with Gasteiger partial charge in [-0.2, -0.15) is 0 Å². The lowest BCUT2D eigenvalue weighted by Crippen LogP contribution is -2.54. The molecule has 5 N–H and O–H groups in total. The summed E-state index contributed by atoms with van der Waals surface area (Å²) in [5.74, 6) is 0. The number of aliphatic hydroxyl groups is 1. The number of rotatable bonds is 7. The molecule has 2 aromatic carbocycles. The quantitative estimate of drug-likeness (QED) is 0.733. The standard InChI is InChI=1S/C19H26N2O/c1-15-7-9-16(10-8-15)11-12-19(22,14-20)18(21)13-17-5-3-2-4-6-17/h2-10,18,22H,11-14,20-21H2,1H3/t18-,19+/m0/s1. The van der Waals surface area contributed by atoms with Crippen LogP contribution in [0, 0.1) is 6.92 Å². The van der Waals surface area contributed by atoms with Gasteiger partial charge < -0.3 is 16.6 Å². The average Bonchev–Trinajstić information content (AvgIpc) is 2.55. The molecule has 2 rings (SSSR count). The summed E-state index contributed by atoms with van der Waals surface area (Å²) in [6, 6.07) is 18.0. The number of hydrogen-bond acceptors (Lipinski definition) is 3. The molecule has 2 aromatic rings. The number of benzene rings is 2. The summed E-state index contributed by atoms with van der Waals surface area (Å²) < 4.78 is 0. The molecular formula is C19H26N2O. The Morgan fingerprint density at radius 3 is 2.23 bits per heavy atom. The van der Waals surface area contributed by atoms with E-state index in [0.717, 1.165) is 12.0 Å². The molecule has 2 atom stereocenters. The molecule has 0 aliphatic carbocycles. The molecule has 0 aliphatic heterocycles. The zero-order valence-corrected chi connectivity index (χ0v) is 13.2. The van der Waals surface area contributed by atoms with Crippen molar-refractivity contribution in [1.29, 1.82) is 0 Å². The molecule has 0 fully saturated rings. The van der Waals surface area contributed by atoms with Crippen LogP contribution in [0.3, 0.4) is 0 Å². The highest BCUT2D eigenvalue weighted by molar-refractivity contribution is 5.22. The van der Waals surface area contributed by atoms with Crippen LogP contribution in [-0.4, -0.2) is 23.3 Å². The lowest BCUT2D eigenvalue weighted by atomic mass is 9.84. The summed E-state index contributed by atoms with van der Waals surface area (Å²) in [7, 11) is 0. The van der Waals surface area contributed by atoms with Crippen LogP contribution in [0.1, 0.15) is 23.1 Å². The van der Waals surface area contributed by atoms with Crippen molar-refractivity contribution in [1.82, 2.24) is 0 Å². The summed E-state index contributed by atoms with van der Waals surface area (Å²) in [5.41, 5.74) is 14.6. The van der Waals surface area contributed by atoms with Crippen molar-refractivity contribution < 1.29 is 5.11 Å². The average molecular weight is 298 g/mol. The van der Waals surface area contributed by atoms with Crippen molar-refractivity contribution in [3.8, 4) is 0 Å². The van der Waals surface area contributed by atoms with Crippen molar-refractivity contribution in [2.24, 2.45) is 11.5 Å². The van der Waals surface area contributed by atoms with Crippen LogP contribution in [0.5, 0.6) is 0 Å². The fraction of sp³-hybridized carbons (Fsp3) is 0.368. The van der Waals surface area contributed by atoms with Gasteiger partial charge in [-0.3, -0.25) is 0 Å². The smallest absolute Gasteiger partial charge is 0.0925 e. The zero-order chi connectivity index (χ0) is 16.0. The Balaban J connectivity index is 1.99. The zero-order valence-electron chi connectivity index (χ0n) is 13.2. The van der Waals surface area contributed by atoms with Crippen molar-refractivity contribution in [2.45, 2.75) is 37.8 Å². The molecule has 0 amide bonds. The topological polar surface area (TPSA) is 72.3 Å². The first-order valence-corrected chi connectivity index (χ1v) is 7.81. The molecule has 0 unspecified atom stereocenters. The first-order chi connectivity index (χ1) is 10.5. The maximum absolute atomic E-state index is 10.8. The predicted molar refractivity (Wildman–Crippen MR) is 91.6 cm³/mol. The van der Waals surface area contributed by atoms with E-state index in [0.29, 0.717) is 12.8 Å². The van der Waals surface area contributed by atoms with Crippen LogP contribution in [-0.2, 0) is 12.8 Å². The molecule has 0 saturated heterocycles. The van der Waals surface area contributed by atoms with Gasteiger partial charge in [0.25, 0.3) is 0 Å². The Labute approximate surface area is 133 Å². The molecule has 118 valence electrons. The summed E-state index contributed by atoms with van der Waals surface area (Å²) in [4.78, 5) is 0. The molecular weight excluding hydrogens is 272 g/mol. The van der Waals surface area contributed by atoms with Crippen LogP contribution in [0.25, 0.3) is 0 Å². The molecule has 0 heterocycles. The number of aryl methyl sites for hydroxylation is 2. The summed E-state index contributed by atoms with van der Waals surface area (Å²) in [5, 5.41) is 10.8. The second-order valence-electron chi connectivity index (χ2n) is 6.09. The van der Waals surface area contributed by atoms with Crippen LogP contribution in [0.15, 0.2) is 54.6 Å². The van der Waals surface area contributed by atoms with Gasteiger partial charge in [0.2, 0.25) is 0 Å².